The average molecular weight is 247 g/mol. The van der Waals surface area contributed by atoms with Crippen LogP contribution in [0.1, 0.15) is 50.7 Å². The van der Waals surface area contributed by atoms with Gasteiger partial charge in [-0.3, -0.25) is 0 Å². The van der Waals surface area contributed by atoms with E-state index in [1.54, 1.807) is 6.92 Å². The van der Waals surface area contributed by atoms with Crippen molar-refractivity contribution in [3.05, 3.63) is 29.3 Å². The summed E-state index contributed by atoms with van der Waals surface area (Å²) >= 11 is 0. The van der Waals surface area contributed by atoms with Gasteiger partial charge in [-0.1, -0.05) is 26.0 Å². The van der Waals surface area contributed by atoms with Crippen LogP contribution >= 0.6 is 0 Å². The Hall–Kier alpha value is -1.31. The molecule has 1 aromatic rings. The van der Waals surface area contributed by atoms with E-state index >= 15 is 0 Å². The van der Waals surface area contributed by atoms with Gasteiger partial charge in [-0.15, -0.1) is 0 Å². The summed E-state index contributed by atoms with van der Waals surface area (Å²) in [4.78, 5) is 13.2. The number of hydrogen-bond acceptors (Lipinski definition) is 2. The second-order valence-corrected chi connectivity index (χ2v) is 5.43. The monoisotopic (exact) mass is 247 g/mol. The highest BCUT2D eigenvalue weighted by Gasteiger charge is 2.08. The molecule has 0 heterocycles. The van der Waals surface area contributed by atoms with E-state index in [2.05, 4.69) is 50.9 Å². The highest BCUT2D eigenvalue weighted by molar-refractivity contribution is 5.75. The van der Waals surface area contributed by atoms with E-state index in [0.29, 0.717) is 12.3 Å². The lowest BCUT2D eigenvalue weighted by Crippen LogP contribution is -2.20. The third kappa shape index (κ3) is 4.17. The fourth-order valence-electron chi connectivity index (χ4n) is 2.08. The summed E-state index contributed by atoms with van der Waals surface area (Å²) in [5.74, 6) is 0.825. The maximum Gasteiger partial charge on any atom is 0.129 e. The van der Waals surface area contributed by atoms with Gasteiger partial charge in [-0.05, 0) is 43.4 Å². The van der Waals surface area contributed by atoms with Gasteiger partial charge in [0.25, 0.3) is 0 Å². The van der Waals surface area contributed by atoms with Crippen molar-refractivity contribution in [2.45, 2.75) is 46.5 Å². The molecule has 0 aromatic heterocycles. The number of ketones is 1. The lowest BCUT2D eigenvalue weighted by atomic mass is 10.00. The fraction of sp³-hybridized carbons (Fsp3) is 0.562. The van der Waals surface area contributed by atoms with Crippen LogP contribution < -0.4 is 4.90 Å². The molecule has 0 atom stereocenters. The lowest BCUT2D eigenvalue weighted by molar-refractivity contribution is -0.117. The number of aryl methyl sites for hydroxylation is 1. The third-order valence-corrected chi connectivity index (χ3v) is 3.33. The Morgan fingerprint density at radius 2 is 2.00 bits per heavy atom. The molecule has 2 nitrogen and oxygen atoms in total. The second-order valence-electron chi connectivity index (χ2n) is 5.43. The predicted molar refractivity (Wildman–Crippen MR) is 78.5 cm³/mol. The Morgan fingerprint density at radius 3 is 2.56 bits per heavy atom. The van der Waals surface area contributed by atoms with Crippen LogP contribution in [0, 0.1) is 6.92 Å². The normalized spacial score (nSPS) is 10.8. The Kier molecular flexibility index (Phi) is 5.39. The average Bonchev–Trinajstić information content (AvgIpc) is 2.28. The minimum Gasteiger partial charge on any atom is -0.374 e. The molecular formula is C16H25NO. The molecule has 0 bridgehead atoms. The first-order valence-electron chi connectivity index (χ1n) is 6.73. The molecular weight excluding hydrogens is 222 g/mol. The van der Waals surface area contributed by atoms with Crippen LogP contribution in [-0.2, 0) is 4.79 Å². The van der Waals surface area contributed by atoms with Crippen molar-refractivity contribution in [1.29, 1.82) is 0 Å². The highest BCUT2D eigenvalue weighted by Crippen LogP contribution is 2.25. The highest BCUT2D eigenvalue weighted by atomic mass is 16.1. The number of carbonyl (C=O) groups is 1. The predicted octanol–water partition coefficient (Wildman–Crippen LogP) is 3.92. The van der Waals surface area contributed by atoms with Crippen LogP contribution in [0.5, 0.6) is 0 Å². The molecule has 0 spiro atoms. The Labute approximate surface area is 111 Å². The summed E-state index contributed by atoms with van der Waals surface area (Å²) in [6.07, 6.45) is 1.60. The zero-order valence-corrected chi connectivity index (χ0v) is 12.3. The molecule has 0 aliphatic rings. The summed E-state index contributed by atoms with van der Waals surface area (Å²) in [5, 5.41) is 0. The third-order valence-electron chi connectivity index (χ3n) is 3.33. The summed E-state index contributed by atoms with van der Waals surface area (Å²) in [6, 6.07) is 6.66. The summed E-state index contributed by atoms with van der Waals surface area (Å²) in [5.41, 5.74) is 3.95. The zero-order chi connectivity index (χ0) is 13.7. The molecule has 0 saturated heterocycles. The molecule has 18 heavy (non-hydrogen) atoms. The first-order chi connectivity index (χ1) is 8.41. The quantitative estimate of drug-likeness (QED) is 0.759. The van der Waals surface area contributed by atoms with Crippen molar-refractivity contribution in [3.8, 4) is 0 Å². The van der Waals surface area contributed by atoms with E-state index in [1.165, 1.54) is 16.8 Å². The van der Waals surface area contributed by atoms with Crippen LogP contribution in [0.3, 0.4) is 0 Å². The topological polar surface area (TPSA) is 20.3 Å². The molecule has 0 unspecified atom stereocenters. The van der Waals surface area contributed by atoms with Crippen molar-refractivity contribution in [2.24, 2.45) is 0 Å². The van der Waals surface area contributed by atoms with E-state index in [0.717, 1.165) is 13.0 Å². The van der Waals surface area contributed by atoms with Crippen molar-refractivity contribution >= 4 is 11.5 Å². The van der Waals surface area contributed by atoms with Gasteiger partial charge in [0.05, 0.1) is 0 Å². The molecule has 0 fully saturated rings. The van der Waals surface area contributed by atoms with Crippen molar-refractivity contribution in [3.63, 3.8) is 0 Å². The molecule has 100 valence electrons. The first-order valence-corrected chi connectivity index (χ1v) is 6.73. The zero-order valence-electron chi connectivity index (χ0n) is 12.3. The van der Waals surface area contributed by atoms with Gasteiger partial charge in [-0.2, -0.15) is 0 Å². The molecule has 0 aliphatic carbocycles. The number of carbonyl (C=O) groups excluding carboxylic acids is 1. The molecule has 0 saturated carbocycles. The standard InChI is InChI=1S/C16H25NO/c1-12(2)15-9-8-13(3)16(11-15)17(5)10-6-7-14(4)18/h8-9,11-12H,6-7,10H2,1-5H3. The molecule has 1 aromatic carbocycles. The van der Waals surface area contributed by atoms with Gasteiger partial charge < -0.3 is 9.69 Å². The fourth-order valence-corrected chi connectivity index (χ4v) is 2.08. The summed E-state index contributed by atoms with van der Waals surface area (Å²) in [7, 11) is 2.10. The SMILES string of the molecule is CC(=O)CCCN(C)c1cc(C(C)C)ccc1C. The minimum absolute atomic E-state index is 0.274. The molecule has 0 aliphatic heterocycles. The smallest absolute Gasteiger partial charge is 0.129 e. The lowest BCUT2D eigenvalue weighted by Gasteiger charge is -2.22. The largest absolute Gasteiger partial charge is 0.374 e. The number of Topliss-reactive ketones (excluding diaryl/α,β-unsaturated/α-hetero) is 1. The van der Waals surface area contributed by atoms with Crippen LogP contribution in [0.25, 0.3) is 0 Å². The number of anilines is 1. The van der Waals surface area contributed by atoms with Gasteiger partial charge in [0.2, 0.25) is 0 Å². The molecule has 0 N–H and O–H groups in total. The Morgan fingerprint density at radius 1 is 1.33 bits per heavy atom. The maximum atomic E-state index is 11.0. The Balaban J connectivity index is 2.74. The van der Waals surface area contributed by atoms with Gasteiger partial charge >= 0.3 is 0 Å². The van der Waals surface area contributed by atoms with Crippen molar-refractivity contribution in [1.82, 2.24) is 0 Å². The maximum absolute atomic E-state index is 11.0. The van der Waals surface area contributed by atoms with Crippen LogP contribution in [0.15, 0.2) is 18.2 Å². The van der Waals surface area contributed by atoms with Crippen LogP contribution in [0.2, 0.25) is 0 Å². The van der Waals surface area contributed by atoms with Gasteiger partial charge in [0.15, 0.2) is 0 Å². The van der Waals surface area contributed by atoms with Crippen molar-refractivity contribution in [2.75, 3.05) is 18.5 Å². The molecule has 0 radical (unpaired) electrons. The Bertz CT molecular complexity index is 410. The van der Waals surface area contributed by atoms with Crippen molar-refractivity contribution < 1.29 is 4.79 Å². The number of hydrogen-bond donors (Lipinski definition) is 0. The van der Waals surface area contributed by atoms with E-state index in [9.17, 15) is 4.79 Å². The molecule has 0 amide bonds. The van der Waals surface area contributed by atoms with E-state index < -0.39 is 0 Å². The first kappa shape index (κ1) is 14.7. The number of rotatable bonds is 6. The van der Waals surface area contributed by atoms with E-state index in [-0.39, 0.29) is 5.78 Å². The summed E-state index contributed by atoms with van der Waals surface area (Å²) < 4.78 is 0. The number of benzene rings is 1. The van der Waals surface area contributed by atoms with Gasteiger partial charge in [-0.25, -0.2) is 0 Å². The molecule has 1 rings (SSSR count). The van der Waals surface area contributed by atoms with Gasteiger partial charge in [0, 0.05) is 25.7 Å². The van der Waals surface area contributed by atoms with Crippen LogP contribution in [0.4, 0.5) is 5.69 Å². The molecule has 2 heteroatoms. The second kappa shape index (κ2) is 6.58. The van der Waals surface area contributed by atoms with Gasteiger partial charge in [0.1, 0.15) is 5.78 Å². The minimum atomic E-state index is 0.274. The van der Waals surface area contributed by atoms with Crippen LogP contribution in [-0.4, -0.2) is 19.4 Å². The van der Waals surface area contributed by atoms with E-state index in [4.69, 9.17) is 0 Å². The van der Waals surface area contributed by atoms with E-state index in [1.807, 2.05) is 0 Å². The number of nitrogens with zero attached hydrogens (tertiary/aromatic N) is 1. The summed E-state index contributed by atoms with van der Waals surface area (Å²) in [6.45, 7) is 9.15.